The molecule has 2 rings (SSSR count). The van der Waals surface area contributed by atoms with Crippen molar-refractivity contribution >= 4 is 5.97 Å². The Balaban J connectivity index is 1.61. The van der Waals surface area contributed by atoms with Crippen molar-refractivity contribution in [3.63, 3.8) is 0 Å². The lowest BCUT2D eigenvalue weighted by molar-refractivity contribution is 0.0526. The summed E-state index contributed by atoms with van der Waals surface area (Å²) in [5.41, 5.74) is 2.67. The predicted molar refractivity (Wildman–Crippen MR) is 103 cm³/mol. The van der Waals surface area contributed by atoms with Crippen molar-refractivity contribution in [2.45, 2.75) is 39.8 Å². The molecule has 0 amide bonds. The summed E-state index contributed by atoms with van der Waals surface area (Å²) in [6, 6.07) is 8.75. The Morgan fingerprint density at radius 2 is 2.04 bits per heavy atom. The van der Waals surface area contributed by atoms with Crippen molar-refractivity contribution in [1.82, 2.24) is 15.1 Å². The van der Waals surface area contributed by atoms with E-state index < -0.39 is 6.10 Å². The van der Waals surface area contributed by atoms with E-state index in [4.69, 9.17) is 9.47 Å². The molecule has 0 aliphatic carbocycles. The summed E-state index contributed by atoms with van der Waals surface area (Å²) < 4.78 is 12.5. The number of aliphatic hydroxyl groups is 1. The van der Waals surface area contributed by atoms with Crippen molar-refractivity contribution < 1.29 is 19.4 Å². The van der Waals surface area contributed by atoms with Crippen molar-refractivity contribution in [3.8, 4) is 5.75 Å². The van der Waals surface area contributed by atoms with Gasteiger partial charge in [-0.2, -0.15) is 5.10 Å². The first kappa shape index (κ1) is 20.9. The molecular formula is C20H29N3O4. The third kappa shape index (κ3) is 7.03. The van der Waals surface area contributed by atoms with Gasteiger partial charge in [0, 0.05) is 18.8 Å². The Morgan fingerprint density at radius 3 is 2.67 bits per heavy atom. The summed E-state index contributed by atoms with van der Waals surface area (Å²) in [4.78, 5) is 11.6. The van der Waals surface area contributed by atoms with Crippen LogP contribution in [-0.4, -0.2) is 53.3 Å². The molecule has 0 bridgehead atoms. The van der Waals surface area contributed by atoms with E-state index >= 15 is 0 Å². The average Bonchev–Trinajstić information content (AvgIpc) is 2.97. The van der Waals surface area contributed by atoms with Crippen LogP contribution in [0.1, 0.15) is 35.1 Å². The van der Waals surface area contributed by atoms with Crippen molar-refractivity contribution in [2.75, 3.05) is 26.3 Å². The van der Waals surface area contributed by atoms with Crippen LogP contribution in [0.4, 0.5) is 0 Å². The van der Waals surface area contributed by atoms with Crippen LogP contribution in [0.3, 0.4) is 0 Å². The Bertz CT molecular complexity index is 713. The highest BCUT2D eigenvalue weighted by Crippen LogP contribution is 2.13. The number of hydrogen-bond acceptors (Lipinski definition) is 6. The minimum Gasteiger partial charge on any atom is -0.491 e. The van der Waals surface area contributed by atoms with Crippen LogP contribution in [0.15, 0.2) is 30.3 Å². The minimum atomic E-state index is -0.608. The van der Waals surface area contributed by atoms with E-state index in [0.29, 0.717) is 24.5 Å². The van der Waals surface area contributed by atoms with Crippen LogP contribution >= 0.6 is 0 Å². The monoisotopic (exact) mass is 375 g/mol. The minimum absolute atomic E-state index is 0.184. The smallest absolute Gasteiger partial charge is 0.338 e. The van der Waals surface area contributed by atoms with E-state index in [1.807, 2.05) is 18.5 Å². The van der Waals surface area contributed by atoms with Gasteiger partial charge < -0.3 is 19.9 Å². The first-order valence-electron chi connectivity index (χ1n) is 9.29. The van der Waals surface area contributed by atoms with Crippen molar-refractivity contribution in [1.29, 1.82) is 0 Å². The Hall–Kier alpha value is -2.38. The fourth-order valence-corrected chi connectivity index (χ4v) is 2.68. The van der Waals surface area contributed by atoms with Gasteiger partial charge >= 0.3 is 5.97 Å². The quantitative estimate of drug-likeness (QED) is 0.462. The molecular weight excluding hydrogens is 346 g/mol. The largest absolute Gasteiger partial charge is 0.491 e. The fourth-order valence-electron chi connectivity index (χ4n) is 2.68. The van der Waals surface area contributed by atoms with E-state index in [0.717, 1.165) is 30.9 Å². The van der Waals surface area contributed by atoms with Gasteiger partial charge in [-0.05, 0) is 64.1 Å². The molecule has 7 nitrogen and oxygen atoms in total. The Kier molecular flexibility index (Phi) is 8.29. The molecule has 0 unspecified atom stereocenters. The second kappa shape index (κ2) is 10.7. The zero-order chi connectivity index (χ0) is 19.6. The molecule has 1 atom stereocenters. The van der Waals surface area contributed by atoms with Crippen molar-refractivity contribution in [3.05, 3.63) is 47.3 Å². The summed E-state index contributed by atoms with van der Waals surface area (Å²) in [6.07, 6.45) is 0.327. The Labute approximate surface area is 160 Å². The first-order valence-corrected chi connectivity index (χ1v) is 9.29. The molecule has 0 aliphatic rings. The van der Waals surface area contributed by atoms with E-state index in [1.54, 1.807) is 31.2 Å². The second-order valence-electron chi connectivity index (χ2n) is 6.42. The third-order valence-electron chi connectivity index (χ3n) is 4.01. The fraction of sp³-hybridized carbons (Fsp3) is 0.500. The molecule has 1 heterocycles. The van der Waals surface area contributed by atoms with Gasteiger partial charge in [-0.15, -0.1) is 0 Å². The summed E-state index contributed by atoms with van der Waals surface area (Å²) in [5, 5.41) is 17.7. The molecule has 148 valence electrons. The summed E-state index contributed by atoms with van der Waals surface area (Å²) in [7, 11) is 0. The van der Waals surface area contributed by atoms with E-state index in [9.17, 15) is 9.90 Å². The molecule has 0 radical (unpaired) electrons. The summed E-state index contributed by atoms with van der Waals surface area (Å²) >= 11 is 0. The van der Waals surface area contributed by atoms with E-state index in [-0.39, 0.29) is 12.6 Å². The highest BCUT2D eigenvalue weighted by Gasteiger charge is 2.08. The number of carbonyl (C=O) groups excluding carboxylic acids is 1. The molecule has 0 spiro atoms. The molecule has 7 heteroatoms. The van der Waals surface area contributed by atoms with Gasteiger partial charge in [0.2, 0.25) is 0 Å². The number of aryl methyl sites for hydroxylation is 3. The highest BCUT2D eigenvalue weighted by atomic mass is 16.5. The predicted octanol–water partition coefficient (Wildman–Crippen LogP) is 2.10. The lowest BCUT2D eigenvalue weighted by atomic mass is 10.2. The van der Waals surface area contributed by atoms with Gasteiger partial charge in [-0.1, -0.05) is 0 Å². The normalized spacial score (nSPS) is 12.0. The molecule has 0 saturated carbocycles. The first-order chi connectivity index (χ1) is 13.0. The van der Waals surface area contributed by atoms with E-state index in [1.165, 1.54) is 0 Å². The third-order valence-corrected chi connectivity index (χ3v) is 4.01. The number of benzene rings is 1. The van der Waals surface area contributed by atoms with Gasteiger partial charge in [0.05, 0.1) is 17.9 Å². The summed E-state index contributed by atoms with van der Waals surface area (Å²) in [5.74, 6) is 0.250. The second-order valence-corrected chi connectivity index (χ2v) is 6.42. The van der Waals surface area contributed by atoms with Crippen LogP contribution in [0.5, 0.6) is 5.75 Å². The van der Waals surface area contributed by atoms with Gasteiger partial charge in [-0.25, -0.2) is 4.79 Å². The maximum atomic E-state index is 11.6. The van der Waals surface area contributed by atoms with Crippen LogP contribution in [0.2, 0.25) is 0 Å². The molecule has 1 aromatic heterocycles. The molecule has 2 aromatic rings. The van der Waals surface area contributed by atoms with E-state index in [2.05, 4.69) is 16.5 Å². The highest BCUT2D eigenvalue weighted by molar-refractivity contribution is 5.89. The maximum Gasteiger partial charge on any atom is 0.338 e. The zero-order valence-corrected chi connectivity index (χ0v) is 16.3. The molecule has 0 aliphatic heterocycles. The number of aromatic nitrogens is 2. The van der Waals surface area contributed by atoms with Crippen LogP contribution in [-0.2, 0) is 11.3 Å². The van der Waals surface area contributed by atoms with Crippen LogP contribution < -0.4 is 10.1 Å². The average molecular weight is 375 g/mol. The van der Waals surface area contributed by atoms with Crippen molar-refractivity contribution in [2.24, 2.45) is 0 Å². The number of nitrogens with one attached hydrogen (secondary N) is 1. The molecule has 0 fully saturated rings. The van der Waals surface area contributed by atoms with Crippen LogP contribution in [0.25, 0.3) is 0 Å². The standard InChI is InChI=1S/C20H29N3O4/c1-4-26-20(25)17-6-8-19(9-7-17)27-14-18(24)13-21-10-5-11-23-16(3)12-15(2)22-23/h6-9,12,18,21,24H,4-5,10-11,13-14H2,1-3H3/t18-/m0/s1. The number of aliphatic hydroxyl groups excluding tert-OH is 1. The number of esters is 1. The van der Waals surface area contributed by atoms with Crippen LogP contribution in [0, 0.1) is 13.8 Å². The topological polar surface area (TPSA) is 85.6 Å². The van der Waals surface area contributed by atoms with Gasteiger partial charge in [0.1, 0.15) is 18.5 Å². The van der Waals surface area contributed by atoms with Gasteiger partial charge in [0.25, 0.3) is 0 Å². The SMILES string of the molecule is CCOC(=O)c1ccc(OC[C@@H](O)CNCCCn2nc(C)cc2C)cc1. The number of carbonyl (C=O) groups is 1. The number of nitrogens with zero attached hydrogens (tertiary/aromatic N) is 2. The number of rotatable bonds is 11. The lowest BCUT2D eigenvalue weighted by Gasteiger charge is -2.13. The molecule has 1 aromatic carbocycles. The molecule has 2 N–H and O–H groups in total. The lowest BCUT2D eigenvalue weighted by Crippen LogP contribution is -2.32. The maximum absolute atomic E-state index is 11.6. The Morgan fingerprint density at radius 1 is 1.30 bits per heavy atom. The molecule has 27 heavy (non-hydrogen) atoms. The van der Waals surface area contributed by atoms with Gasteiger partial charge in [0.15, 0.2) is 0 Å². The molecule has 0 saturated heterocycles. The van der Waals surface area contributed by atoms with Gasteiger partial charge in [-0.3, -0.25) is 4.68 Å². The summed E-state index contributed by atoms with van der Waals surface area (Å²) in [6.45, 7) is 8.44. The number of ether oxygens (including phenoxy) is 2. The number of hydrogen-bond donors (Lipinski definition) is 2. The zero-order valence-electron chi connectivity index (χ0n) is 16.3.